The molecule has 0 fully saturated rings. The van der Waals surface area contributed by atoms with Crippen LogP contribution in [0, 0.1) is 5.92 Å². The van der Waals surface area contributed by atoms with Gasteiger partial charge in [0.2, 0.25) is 0 Å². The van der Waals surface area contributed by atoms with Gasteiger partial charge in [-0.15, -0.1) is 4.72 Å². The first-order chi connectivity index (χ1) is 9.12. The lowest BCUT2D eigenvalue weighted by Crippen LogP contribution is -2.56. The molecule has 0 saturated carbocycles. The van der Waals surface area contributed by atoms with Gasteiger partial charge in [-0.05, 0) is 40.2 Å². The van der Waals surface area contributed by atoms with Gasteiger partial charge < -0.3 is 9.35 Å². The second kappa shape index (κ2) is 6.60. The molecule has 0 aromatic rings. The SMILES string of the molecule is CC(C)(C)[S+]([O-])N[C@@](C)(CC=O)C1CC=CC(Cl)=C1F. The Morgan fingerprint density at radius 2 is 2.15 bits per heavy atom. The second-order valence-electron chi connectivity index (χ2n) is 6.16. The van der Waals surface area contributed by atoms with Crippen LogP contribution in [0.4, 0.5) is 4.39 Å². The van der Waals surface area contributed by atoms with E-state index in [4.69, 9.17) is 11.6 Å². The Hall–Kier alpha value is -0.360. The van der Waals surface area contributed by atoms with Crippen molar-refractivity contribution in [1.29, 1.82) is 0 Å². The van der Waals surface area contributed by atoms with E-state index in [1.54, 1.807) is 13.0 Å². The molecule has 2 unspecified atom stereocenters. The van der Waals surface area contributed by atoms with Gasteiger partial charge in [0.05, 0.1) is 10.6 Å². The average Bonchev–Trinajstić information content (AvgIpc) is 2.31. The number of allylic oxidation sites excluding steroid dienone is 3. The van der Waals surface area contributed by atoms with Gasteiger partial charge in [0, 0.05) is 23.7 Å². The predicted octanol–water partition coefficient (Wildman–Crippen LogP) is 3.38. The largest absolute Gasteiger partial charge is 0.598 e. The molecule has 0 aromatic heterocycles. The second-order valence-corrected chi connectivity index (χ2v) is 8.53. The average molecular weight is 322 g/mol. The zero-order chi connectivity index (χ0) is 15.6. The smallest absolute Gasteiger partial charge is 0.136 e. The van der Waals surface area contributed by atoms with Gasteiger partial charge >= 0.3 is 0 Å². The monoisotopic (exact) mass is 321 g/mol. The Balaban J connectivity index is 3.03. The number of halogens is 2. The molecule has 1 rings (SSSR count). The van der Waals surface area contributed by atoms with Crippen molar-refractivity contribution in [1.82, 2.24) is 4.72 Å². The van der Waals surface area contributed by atoms with Crippen molar-refractivity contribution < 1.29 is 13.7 Å². The zero-order valence-corrected chi connectivity index (χ0v) is 13.8. The van der Waals surface area contributed by atoms with Crippen LogP contribution in [0.25, 0.3) is 0 Å². The fourth-order valence-corrected chi connectivity index (χ4v) is 3.17. The maximum atomic E-state index is 14.2. The van der Waals surface area contributed by atoms with E-state index in [1.165, 1.54) is 6.08 Å². The van der Waals surface area contributed by atoms with E-state index in [-0.39, 0.29) is 11.5 Å². The topological polar surface area (TPSA) is 52.2 Å². The van der Waals surface area contributed by atoms with Gasteiger partial charge in [-0.1, -0.05) is 17.7 Å². The standard InChI is InChI=1S/C14H21ClFNO2S/c1-13(2,3)20(19)17-14(4,8-9-18)10-6-5-7-11(15)12(10)16/h5,7,9-10,17H,6,8H2,1-4H3/t10?,14-,20?/m0/s1. The Labute approximate surface area is 128 Å². The highest BCUT2D eigenvalue weighted by atomic mass is 35.5. The van der Waals surface area contributed by atoms with E-state index in [0.717, 1.165) is 0 Å². The van der Waals surface area contributed by atoms with Crippen LogP contribution < -0.4 is 4.72 Å². The van der Waals surface area contributed by atoms with Gasteiger partial charge in [-0.3, -0.25) is 0 Å². The third-order valence-electron chi connectivity index (χ3n) is 3.33. The summed E-state index contributed by atoms with van der Waals surface area (Å²) >= 11 is 4.42. The molecule has 1 aliphatic rings. The summed E-state index contributed by atoms with van der Waals surface area (Å²) in [5.41, 5.74) is -0.936. The molecule has 1 aliphatic carbocycles. The van der Waals surface area contributed by atoms with Crippen LogP contribution >= 0.6 is 11.6 Å². The molecule has 6 heteroatoms. The molecule has 0 aromatic carbocycles. The highest BCUT2D eigenvalue weighted by molar-refractivity contribution is 7.90. The van der Waals surface area contributed by atoms with Gasteiger partial charge in [0.25, 0.3) is 0 Å². The summed E-state index contributed by atoms with van der Waals surface area (Å²) in [6, 6.07) is 0. The van der Waals surface area contributed by atoms with Crippen LogP contribution in [-0.2, 0) is 16.2 Å². The maximum Gasteiger partial charge on any atom is 0.136 e. The van der Waals surface area contributed by atoms with E-state index in [0.29, 0.717) is 12.7 Å². The minimum absolute atomic E-state index is 0.0433. The number of nitrogens with one attached hydrogen (secondary N) is 1. The molecule has 0 aliphatic heterocycles. The van der Waals surface area contributed by atoms with E-state index in [1.807, 2.05) is 20.8 Å². The van der Waals surface area contributed by atoms with Gasteiger partial charge in [-0.25, -0.2) is 4.39 Å². The van der Waals surface area contributed by atoms with Crippen LogP contribution in [0.1, 0.15) is 40.5 Å². The number of carbonyl (C=O) groups excluding carboxylic acids is 1. The van der Waals surface area contributed by atoms with Crippen LogP contribution in [0.15, 0.2) is 23.0 Å². The minimum Gasteiger partial charge on any atom is -0.598 e. The van der Waals surface area contributed by atoms with Crippen molar-refractivity contribution in [2.24, 2.45) is 5.92 Å². The fourth-order valence-electron chi connectivity index (χ4n) is 1.99. The first-order valence-electron chi connectivity index (χ1n) is 6.47. The molecule has 0 radical (unpaired) electrons. The third-order valence-corrected chi connectivity index (χ3v) is 5.40. The summed E-state index contributed by atoms with van der Waals surface area (Å²) in [5, 5.41) is 0.0433. The van der Waals surface area contributed by atoms with Crippen molar-refractivity contribution in [3.8, 4) is 0 Å². The number of rotatable bonds is 5. The fraction of sp³-hybridized carbons (Fsp3) is 0.643. The van der Waals surface area contributed by atoms with E-state index >= 15 is 0 Å². The van der Waals surface area contributed by atoms with Crippen LogP contribution in [0.5, 0.6) is 0 Å². The van der Waals surface area contributed by atoms with Gasteiger partial charge in [0.15, 0.2) is 0 Å². The highest BCUT2D eigenvalue weighted by Crippen LogP contribution is 2.38. The summed E-state index contributed by atoms with van der Waals surface area (Å²) in [4.78, 5) is 11.0. The van der Waals surface area contributed by atoms with Gasteiger partial charge in [0.1, 0.15) is 16.9 Å². The number of hydrogen-bond acceptors (Lipinski definition) is 3. The molecule has 114 valence electrons. The minimum atomic E-state index is -1.40. The molecule has 20 heavy (non-hydrogen) atoms. The van der Waals surface area contributed by atoms with Crippen molar-refractivity contribution in [2.75, 3.05) is 0 Å². The number of aldehydes is 1. The first kappa shape index (κ1) is 17.7. The van der Waals surface area contributed by atoms with Gasteiger partial charge in [-0.2, -0.15) is 0 Å². The highest BCUT2D eigenvalue weighted by Gasteiger charge is 2.44. The molecule has 0 bridgehead atoms. The Morgan fingerprint density at radius 1 is 1.55 bits per heavy atom. The van der Waals surface area contributed by atoms with Crippen LogP contribution in [-0.4, -0.2) is 21.1 Å². The molecule has 0 heterocycles. The summed E-state index contributed by atoms with van der Waals surface area (Å²) in [6.07, 6.45) is 4.47. The van der Waals surface area contributed by atoms with E-state index < -0.39 is 33.4 Å². The Kier molecular flexibility index (Phi) is 5.84. The molecule has 0 saturated heterocycles. The Bertz CT molecular complexity index is 433. The van der Waals surface area contributed by atoms with Crippen molar-refractivity contribution in [2.45, 2.75) is 50.8 Å². The molecule has 3 atom stereocenters. The van der Waals surface area contributed by atoms with E-state index in [2.05, 4.69) is 4.72 Å². The molecule has 3 nitrogen and oxygen atoms in total. The molecular weight excluding hydrogens is 301 g/mol. The lowest BCUT2D eigenvalue weighted by molar-refractivity contribution is -0.109. The lowest BCUT2D eigenvalue weighted by Gasteiger charge is -2.39. The molecular formula is C14H21ClFNO2S. The van der Waals surface area contributed by atoms with E-state index in [9.17, 15) is 13.7 Å². The predicted molar refractivity (Wildman–Crippen MR) is 81.4 cm³/mol. The van der Waals surface area contributed by atoms with Crippen LogP contribution in [0.2, 0.25) is 0 Å². The summed E-state index contributed by atoms with van der Waals surface area (Å²) in [7, 11) is 0. The number of hydrogen-bond donors (Lipinski definition) is 1. The number of carbonyl (C=O) groups is 1. The molecule has 0 spiro atoms. The summed E-state index contributed by atoms with van der Waals surface area (Å²) in [6.45, 7) is 7.16. The van der Waals surface area contributed by atoms with Crippen molar-refractivity contribution in [3.63, 3.8) is 0 Å². The third kappa shape index (κ3) is 4.07. The van der Waals surface area contributed by atoms with Crippen molar-refractivity contribution >= 4 is 29.2 Å². The first-order valence-corrected chi connectivity index (χ1v) is 7.99. The quantitative estimate of drug-likeness (QED) is 0.624. The zero-order valence-electron chi connectivity index (χ0n) is 12.2. The maximum absolute atomic E-state index is 14.2. The Morgan fingerprint density at radius 3 is 2.65 bits per heavy atom. The normalized spacial score (nSPS) is 24.4. The van der Waals surface area contributed by atoms with Crippen LogP contribution in [0.3, 0.4) is 0 Å². The van der Waals surface area contributed by atoms with Crippen molar-refractivity contribution in [3.05, 3.63) is 23.0 Å². The summed E-state index contributed by atoms with van der Waals surface area (Å²) < 4.78 is 29.0. The lowest BCUT2D eigenvalue weighted by atomic mass is 9.79. The molecule has 0 amide bonds. The summed E-state index contributed by atoms with van der Waals surface area (Å²) in [5.74, 6) is -1.06. The molecule has 1 N–H and O–H groups in total.